The summed E-state index contributed by atoms with van der Waals surface area (Å²) in [7, 11) is 0. The third kappa shape index (κ3) is 3.29. The zero-order valence-electron chi connectivity index (χ0n) is 14.1. The smallest absolute Gasteiger partial charge is 0.246 e. The van der Waals surface area contributed by atoms with Gasteiger partial charge in [0.2, 0.25) is 11.8 Å². The van der Waals surface area contributed by atoms with Gasteiger partial charge in [-0.2, -0.15) is 10.1 Å². The Balaban J connectivity index is 1.71. The van der Waals surface area contributed by atoms with Crippen LogP contribution in [0.4, 0.5) is 0 Å². The van der Waals surface area contributed by atoms with Crippen LogP contribution in [0.2, 0.25) is 0 Å². The van der Waals surface area contributed by atoms with Crippen LogP contribution in [-0.2, 0) is 17.8 Å². The number of rotatable bonds is 6. The van der Waals surface area contributed by atoms with Crippen LogP contribution in [0.3, 0.4) is 0 Å². The summed E-state index contributed by atoms with van der Waals surface area (Å²) >= 11 is 0. The molecule has 0 atom stereocenters. The summed E-state index contributed by atoms with van der Waals surface area (Å²) in [4.78, 5) is 18.7. The largest absolute Gasteiger partial charge is 0.337 e. The van der Waals surface area contributed by atoms with Crippen LogP contribution in [0.5, 0.6) is 0 Å². The van der Waals surface area contributed by atoms with Gasteiger partial charge in [-0.05, 0) is 13.0 Å². The molecule has 1 N–H and O–H groups in total. The quantitative estimate of drug-likeness (QED) is 0.752. The SMILES string of the molecule is CCN(Cc1nc(C(C)C)no1)C(=O)Cc1[nH]nc2ccccc12. The number of H-pyrrole nitrogens is 1. The van der Waals surface area contributed by atoms with Crippen LogP contribution in [0.25, 0.3) is 10.9 Å². The molecular weight excluding hydrogens is 306 g/mol. The summed E-state index contributed by atoms with van der Waals surface area (Å²) in [5.74, 6) is 1.32. The average molecular weight is 327 g/mol. The van der Waals surface area contributed by atoms with Crippen LogP contribution < -0.4 is 0 Å². The molecular formula is C17H21N5O2. The number of fused-ring (bicyclic) bond motifs is 1. The van der Waals surface area contributed by atoms with E-state index in [-0.39, 0.29) is 18.2 Å². The Morgan fingerprint density at radius 2 is 2.12 bits per heavy atom. The van der Waals surface area contributed by atoms with E-state index in [1.54, 1.807) is 4.90 Å². The first-order chi connectivity index (χ1) is 11.6. The Kier molecular flexibility index (Phi) is 4.59. The summed E-state index contributed by atoms with van der Waals surface area (Å²) in [6.45, 7) is 6.83. The number of likely N-dealkylation sites (N-methyl/N-ethyl adjacent to an activating group) is 1. The Morgan fingerprint density at radius 3 is 2.83 bits per heavy atom. The molecule has 1 amide bonds. The van der Waals surface area contributed by atoms with E-state index >= 15 is 0 Å². The van der Waals surface area contributed by atoms with E-state index in [4.69, 9.17) is 4.52 Å². The molecule has 3 rings (SSSR count). The zero-order chi connectivity index (χ0) is 17.1. The molecule has 0 unspecified atom stereocenters. The maximum absolute atomic E-state index is 12.6. The minimum absolute atomic E-state index is 0.00352. The molecule has 0 radical (unpaired) electrons. The van der Waals surface area contributed by atoms with E-state index in [2.05, 4.69) is 20.3 Å². The van der Waals surface area contributed by atoms with E-state index < -0.39 is 0 Å². The second kappa shape index (κ2) is 6.82. The monoisotopic (exact) mass is 327 g/mol. The Bertz CT molecular complexity index is 836. The lowest BCUT2D eigenvalue weighted by Crippen LogP contribution is -2.31. The zero-order valence-corrected chi connectivity index (χ0v) is 14.1. The maximum atomic E-state index is 12.6. The highest BCUT2D eigenvalue weighted by molar-refractivity contribution is 5.87. The van der Waals surface area contributed by atoms with Crippen LogP contribution in [0.1, 0.15) is 44.1 Å². The fourth-order valence-corrected chi connectivity index (χ4v) is 2.52. The molecule has 2 aromatic heterocycles. The van der Waals surface area contributed by atoms with Crippen LogP contribution >= 0.6 is 0 Å². The molecule has 0 spiro atoms. The number of hydrogen-bond donors (Lipinski definition) is 1. The first-order valence-electron chi connectivity index (χ1n) is 8.10. The van der Waals surface area contributed by atoms with Crippen molar-refractivity contribution in [1.29, 1.82) is 0 Å². The molecule has 0 aliphatic heterocycles. The second-order valence-electron chi connectivity index (χ2n) is 6.01. The molecule has 126 valence electrons. The van der Waals surface area contributed by atoms with Crippen molar-refractivity contribution < 1.29 is 9.32 Å². The lowest BCUT2D eigenvalue weighted by molar-refractivity contribution is -0.131. The van der Waals surface area contributed by atoms with Gasteiger partial charge in [0.1, 0.15) is 0 Å². The lowest BCUT2D eigenvalue weighted by Gasteiger charge is -2.18. The van der Waals surface area contributed by atoms with Gasteiger partial charge in [-0.25, -0.2) is 0 Å². The van der Waals surface area contributed by atoms with Crippen molar-refractivity contribution >= 4 is 16.8 Å². The van der Waals surface area contributed by atoms with Crippen molar-refractivity contribution in [1.82, 2.24) is 25.2 Å². The number of hydrogen-bond acceptors (Lipinski definition) is 5. The van der Waals surface area contributed by atoms with Crippen molar-refractivity contribution in [2.75, 3.05) is 6.54 Å². The third-order valence-electron chi connectivity index (χ3n) is 3.93. The molecule has 7 heteroatoms. The molecule has 0 aliphatic rings. The number of para-hydroxylation sites is 1. The van der Waals surface area contributed by atoms with Crippen LogP contribution in [0.15, 0.2) is 28.8 Å². The van der Waals surface area contributed by atoms with Gasteiger partial charge in [-0.3, -0.25) is 9.89 Å². The van der Waals surface area contributed by atoms with Gasteiger partial charge in [0.25, 0.3) is 0 Å². The summed E-state index contributed by atoms with van der Waals surface area (Å²) < 4.78 is 5.24. The first-order valence-corrected chi connectivity index (χ1v) is 8.10. The Labute approximate surface area is 140 Å². The van der Waals surface area contributed by atoms with E-state index in [0.717, 1.165) is 16.6 Å². The molecule has 0 fully saturated rings. The fourth-order valence-electron chi connectivity index (χ4n) is 2.52. The first kappa shape index (κ1) is 16.2. The number of amides is 1. The lowest BCUT2D eigenvalue weighted by atomic mass is 10.1. The number of carbonyl (C=O) groups excluding carboxylic acids is 1. The predicted molar refractivity (Wildman–Crippen MR) is 89.3 cm³/mol. The van der Waals surface area contributed by atoms with Gasteiger partial charge in [0.05, 0.1) is 24.2 Å². The molecule has 24 heavy (non-hydrogen) atoms. The van der Waals surface area contributed by atoms with Gasteiger partial charge in [0, 0.05) is 17.8 Å². The number of carbonyl (C=O) groups is 1. The number of nitrogens with zero attached hydrogens (tertiary/aromatic N) is 4. The predicted octanol–water partition coefficient (Wildman–Crippen LogP) is 2.66. The van der Waals surface area contributed by atoms with E-state index in [1.807, 2.05) is 45.0 Å². The number of nitrogens with one attached hydrogen (secondary N) is 1. The van der Waals surface area contributed by atoms with Crippen molar-refractivity contribution in [3.05, 3.63) is 41.7 Å². The van der Waals surface area contributed by atoms with Crippen LogP contribution in [0, 0.1) is 0 Å². The Hall–Kier alpha value is -2.70. The van der Waals surface area contributed by atoms with E-state index in [1.165, 1.54) is 0 Å². The van der Waals surface area contributed by atoms with Crippen molar-refractivity contribution in [3.63, 3.8) is 0 Å². The minimum atomic E-state index is -0.00352. The second-order valence-corrected chi connectivity index (χ2v) is 6.01. The molecule has 0 saturated heterocycles. The molecule has 1 aromatic carbocycles. The summed E-state index contributed by atoms with van der Waals surface area (Å²) in [6.07, 6.45) is 0.263. The van der Waals surface area contributed by atoms with Crippen molar-refractivity contribution in [2.45, 2.75) is 39.7 Å². The van der Waals surface area contributed by atoms with Gasteiger partial charge in [-0.1, -0.05) is 37.2 Å². The van der Waals surface area contributed by atoms with Gasteiger partial charge >= 0.3 is 0 Å². The molecule has 2 heterocycles. The molecule has 0 saturated carbocycles. The Morgan fingerprint density at radius 1 is 1.33 bits per heavy atom. The fraction of sp³-hybridized carbons (Fsp3) is 0.412. The van der Waals surface area contributed by atoms with Gasteiger partial charge < -0.3 is 9.42 Å². The van der Waals surface area contributed by atoms with Gasteiger partial charge in [0.15, 0.2) is 5.82 Å². The molecule has 7 nitrogen and oxygen atoms in total. The number of benzene rings is 1. The maximum Gasteiger partial charge on any atom is 0.246 e. The highest BCUT2D eigenvalue weighted by Crippen LogP contribution is 2.17. The molecule has 0 aliphatic carbocycles. The summed E-state index contributed by atoms with van der Waals surface area (Å²) in [6, 6.07) is 7.75. The highest BCUT2D eigenvalue weighted by Gasteiger charge is 2.19. The summed E-state index contributed by atoms with van der Waals surface area (Å²) in [5.41, 5.74) is 1.68. The number of aromatic nitrogens is 4. The van der Waals surface area contributed by atoms with E-state index in [9.17, 15) is 4.79 Å². The van der Waals surface area contributed by atoms with Gasteiger partial charge in [-0.15, -0.1) is 0 Å². The van der Waals surface area contributed by atoms with E-state index in [0.29, 0.717) is 24.8 Å². The minimum Gasteiger partial charge on any atom is -0.337 e. The summed E-state index contributed by atoms with van der Waals surface area (Å²) in [5, 5.41) is 12.1. The normalized spacial score (nSPS) is 11.3. The highest BCUT2D eigenvalue weighted by atomic mass is 16.5. The average Bonchev–Trinajstić information content (AvgIpc) is 3.20. The van der Waals surface area contributed by atoms with Crippen molar-refractivity contribution in [3.8, 4) is 0 Å². The molecule has 3 aromatic rings. The molecule has 0 bridgehead atoms. The third-order valence-corrected chi connectivity index (χ3v) is 3.93. The van der Waals surface area contributed by atoms with Crippen LogP contribution in [-0.4, -0.2) is 37.7 Å². The topological polar surface area (TPSA) is 87.9 Å². The standard InChI is InChI=1S/C17H21N5O2/c1-4-22(10-15-18-17(11(2)3)21-24-15)16(23)9-14-12-7-5-6-8-13(12)19-20-14/h5-8,11H,4,9-10H2,1-3H3,(H,19,20). The van der Waals surface area contributed by atoms with Crippen molar-refractivity contribution in [2.24, 2.45) is 0 Å². The number of aromatic amines is 1.